The van der Waals surface area contributed by atoms with Crippen LogP contribution >= 0.6 is 11.6 Å². The highest BCUT2D eigenvalue weighted by molar-refractivity contribution is 6.34. The first-order valence-corrected chi connectivity index (χ1v) is 9.73. The number of hydrogen-bond donors (Lipinski definition) is 0. The first-order valence-electron chi connectivity index (χ1n) is 9.35. The number of nitrogens with zero attached hydrogens (tertiary/aromatic N) is 4. The molecule has 0 aliphatic carbocycles. The Morgan fingerprint density at radius 2 is 1.97 bits per heavy atom. The van der Waals surface area contributed by atoms with Crippen molar-refractivity contribution in [2.75, 3.05) is 11.7 Å². The number of amides is 1. The first kappa shape index (κ1) is 19.1. The summed E-state index contributed by atoms with van der Waals surface area (Å²) in [6.45, 7) is 1.53. The van der Waals surface area contributed by atoms with Crippen molar-refractivity contribution in [2.24, 2.45) is 0 Å². The van der Waals surface area contributed by atoms with Gasteiger partial charge in [0.15, 0.2) is 11.5 Å². The summed E-state index contributed by atoms with van der Waals surface area (Å²) in [5.41, 5.74) is 2.60. The predicted octanol–water partition coefficient (Wildman–Crippen LogP) is 4.87. The van der Waals surface area contributed by atoms with Gasteiger partial charge in [0.2, 0.25) is 18.6 Å². The van der Waals surface area contributed by atoms with Crippen LogP contribution in [0.2, 0.25) is 5.02 Å². The lowest BCUT2D eigenvalue weighted by molar-refractivity contribution is -0.116. The minimum absolute atomic E-state index is 0.110. The van der Waals surface area contributed by atoms with E-state index in [1.165, 1.54) is 18.2 Å². The summed E-state index contributed by atoms with van der Waals surface area (Å²) in [5.74, 6) is 1.03. The zero-order valence-corrected chi connectivity index (χ0v) is 17.0. The van der Waals surface area contributed by atoms with Crippen LogP contribution in [0, 0.1) is 0 Å². The van der Waals surface area contributed by atoms with Crippen molar-refractivity contribution in [3.8, 4) is 34.0 Å². The number of fused-ring (bicyclic) bond motifs is 1. The molecule has 0 spiro atoms. The molecule has 31 heavy (non-hydrogen) atoms. The fourth-order valence-electron chi connectivity index (χ4n) is 3.46. The number of carbonyl (C=O) groups excluding carboxylic acids is 1. The molecule has 2 aromatic heterocycles. The Kier molecular flexibility index (Phi) is 4.76. The molecule has 3 heterocycles. The van der Waals surface area contributed by atoms with E-state index in [2.05, 4.69) is 15.1 Å². The molecule has 4 aromatic rings. The largest absolute Gasteiger partial charge is 0.454 e. The summed E-state index contributed by atoms with van der Waals surface area (Å²) >= 11 is 6.39. The highest BCUT2D eigenvalue weighted by atomic mass is 35.5. The third-order valence-electron chi connectivity index (χ3n) is 4.78. The number of hydrogen-bond acceptors (Lipinski definition) is 7. The molecule has 8 nitrogen and oxygen atoms in total. The molecule has 5 rings (SSSR count). The van der Waals surface area contributed by atoms with Crippen LogP contribution in [-0.2, 0) is 4.79 Å². The monoisotopic (exact) mass is 434 g/mol. The van der Waals surface area contributed by atoms with Crippen LogP contribution in [0.4, 0.5) is 11.6 Å². The van der Waals surface area contributed by atoms with Gasteiger partial charge in [-0.1, -0.05) is 35.0 Å². The fourth-order valence-corrected chi connectivity index (χ4v) is 3.68. The molecular weight excluding hydrogens is 420 g/mol. The zero-order valence-electron chi connectivity index (χ0n) is 16.3. The standard InChI is InChI=1S/C22H15ClN4O4/c1-13(28)27(17-7-3-2-6-15(17)23)22-19(16-9-10-24-11-25-16)20(26-31-22)14-5-4-8-18-21(14)30-12-29-18/h2-11H,12H2,1H3. The molecule has 9 heteroatoms. The summed E-state index contributed by atoms with van der Waals surface area (Å²) in [6.07, 6.45) is 3.02. The van der Waals surface area contributed by atoms with Crippen molar-refractivity contribution in [3.63, 3.8) is 0 Å². The van der Waals surface area contributed by atoms with Crippen molar-refractivity contribution in [1.82, 2.24) is 15.1 Å². The van der Waals surface area contributed by atoms with E-state index >= 15 is 0 Å². The van der Waals surface area contributed by atoms with Crippen LogP contribution in [0.3, 0.4) is 0 Å². The van der Waals surface area contributed by atoms with Gasteiger partial charge in [-0.2, -0.15) is 0 Å². The van der Waals surface area contributed by atoms with Gasteiger partial charge in [0, 0.05) is 13.1 Å². The highest BCUT2D eigenvalue weighted by Crippen LogP contribution is 2.47. The summed E-state index contributed by atoms with van der Waals surface area (Å²) in [6, 6.07) is 14.2. The molecule has 0 unspecified atom stereocenters. The number of aromatic nitrogens is 3. The fraction of sp³-hybridized carbons (Fsp3) is 0.0909. The van der Waals surface area contributed by atoms with E-state index in [1.54, 1.807) is 36.5 Å². The molecule has 2 aromatic carbocycles. The van der Waals surface area contributed by atoms with E-state index in [1.807, 2.05) is 18.2 Å². The van der Waals surface area contributed by atoms with Gasteiger partial charge in [-0.3, -0.25) is 4.79 Å². The highest BCUT2D eigenvalue weighted by Gasteiger charge is 2.31. The van der Waals surface area contributed by atoms with Gasteiger partial charge in [-0.15, -0.1) is 0 Å². The zero-order chi connectivity index (χ0) is 21.4. The minimum Gasteiger partial charge on any atom is -0.454 e. The van der Waals surface area contributed by atoms with Crippen LogP contribution in [0.1, 0.15) is 6.92 Å². The quantitative estimate of drug-likeness (QED) is 0.452. The second kappa shape index (κ2) is 7.73. The molecule has 0 saturated carbocycles. The van der Waals surface area contributed by atoms with E-state index in [-0.39, 0.29) is 18.6 Å². The van der Waals surface area contributed by atoms with Crippen LogP contribution in [0.25, 0.3) is 22.5 Å². The Morgan fingerprint density at radius 1 is 1.10 bits per heavy atom. The van der Waals surface area contributed by atoms with Crippen molar-refractivity contribution < 1.29 is 18.8 Å². The summed E-state index contributed by atoms with van der Waals surface area (Å²) < 4.78 is 16.9. The lowest BCUT2D eigenvalue weighted by atomic mass is 10.0. The number of rotatable bonds is 4. The molecule has 0 bridgehead atoms. The number of para-hydroxylation sites is 2. The van der Waals surface area contributed by atoms with E-state index in [9.17, 15) is 4.79 Å². The van der Waals surface area contributed by atoms with E-state index in [0.717, 1.165) is 0 Å². The van der Waals surface area contributed by atoms with Gasteiger partial charge in [-0.25, -0.2) is 14.9 Å². The molecule has 0 atom stereocenters. The number of halogens is 1. The summed E-state index contributed by atoms with van der Waals surface area (Å²) in [5, 5.41) is 4.68. The number of anilines is 2. The molecule has 0 saturated heterocycles. The summed E-state index contributed by atoms with van der Waals surface area (Å²) in [4.78, 5) is 22.4. The lowest BCUT2D eigenvalue weighted by Crippen LogP contribution is -2.23. The molecular formula is C22H15ClN4O4. The summed E-state index contributed by atoms with van der Waals surface area (Å²) in [7, 11) is 0. The van der Waals surface area contributed by atoms with Gasteiger partial charge in [0.05, 0.1) is 27.5 Å². The normalized spacial score (nSPS) is 12.1. The van der Waals surface area contributed by atoms with Gasteiger partial charge in [-0.05, 0) is 30.3 Å². The number of carbonyl (C=O) groups is 1. The van der Waals surface area contributed by atoms with Crippen LogP contribution < -0.4 is 14.4 Å². The average molecular weight is 435 g/mol. The number of ether oxygens (including phenoxy) is 2. The second-order valence-corrected chi connectivity index (χ2v) is 7.06. The van der Waals surface area contributed by atoms with Crippen molar-refractivity contribution in [2.45, 2.75) is 6.92 Å². The second-order valence-electron chi connectivity index (χ2n) is 6.65. The Bertz CT molecular complexity index is 1280. The van der Waals surface area contributed by atoms with Crippen LogP contribution in [0.5, 0.6) is 11.5 Å². The molecule has 0 fully saturated rings. The van der Waals surface area contributed by atoms with Crippen LogP contribution in [-0.4, -0.2) is 27.8 Å². The maximum Gasteiger partial charge on any atom is 0.248 e. The van der Waals surface area contributed by atoms with E-state index in [4.69, 9.17) is 25.6 Å². The molecule has 1 aliphatic rings. The Hall–Kier alpha value is -3.91. The lowest BCUT2D eigenvalue weighted by Gasteiger charge is -2.20. The predicted molar refractivity (Wildman–Crippen MR) is 113 cm³/mol. The Balaban J connectivity index is 1.77. The van der Waals surface area contributed by atoms with Crippen molar-refractivity contribution >= 4 is 29.1 Å². The first-order chi connectivity index (χ1) is 15.1. The van der Waals surface area contributed by atoms with Crippen molar-refractivity contribution in [1.29, 1.82) is 0 Å². The van der Waals surface area contributed by atoms with Gasteiger partial charge in [0.1, 0.15) is 12.0 Å². The Morgan fingerprint density at radius 3 is 2.74 bits per heavy atom. The topological polar surface area (TPSA) is 90.6 Å². The maximum absolute atomic E-state index is 12.7. The average Bonchev–Trinajstić information content (AvgIpc) is 3.43. The van der Waals surface area contributed by atoms with Gasteiger partial charge in [0.25, 0.3) is 0 Å². The third-order valence-corrected chi connectivity index (χ3v) is 5.09. The Labute approximate surface area is 182 Å². The van der Waals surface area contributed by atoms with Gasteiger partial charge < -0.3 is 14.0 Å². The van der Waals surface area contributed by atoms with Crippen LogP contribution in [0.15, 0.2) is 65.6 Å². The minimum atomic E-state index is -0.302. The SMILES string of the molecule is CC(=O)N(c1ccccc1Cl)c1onc(-c2cccc3c2OCO3)c1-c1ccncn1. The van der Waals surface area contributed by atoms with E-state index < -0.39 is 0 Å². The van der Waals surface area contributed by atoms with E-state index in [0.29, 0.717) is 44.7 Å². The molecule has 0 radical (unpaired) electrons. The smallest absolute Gasteiger partial charge is 0.248 e. The van der Waals surface area contributed by atoms with Gasteiger partial charge >= 0.3 is 0 Å². The molecule has 0 N–H and O–H groups in total. The maximum atomic E-state index is 12.7. The molecule has 1 amide bonds. The third kappa shape index (κ3) is 3.27. The number of benzene rings is 2. The molecule has 1 aliphatic heterocycles. The van der Waals surface area contributed by atoms with Crippen molar-refractivity contribution in [3.05, 3.63) is 66.1 Å². The molecule has 154 valence electrons.